The van der Waals surface area contributed by atoms with Gasteiger partial charge in [0.05, 0.1) is 11.2 Å². The maximum atomic E-state index is 4.71. The number of hydrazone groups is 1. The zero-order valence-corrected chi connectivity index (χ0v) is 16.2. The minimum atomic E-state index is 0.651. The highest BCUT2D eigenvalue weighted by Crippen LogP contribution is 2.26. The normalized spacial score (nSPS) is 11.6. The molecule has 132 valence electrons. The number of hydrogen-bond acceptors (Lipinski definition) is 5. The number of benzene rings is 2. The summed E-state index contributed by atoms with van der Waals surface area (Å²) in [5, 5.41) is 5.41. The van der Waals surface area contributed by atoms with Crippen molar-refractivity contribution in [1.29, 1.82) is 0 Å². The van der Waals surface area contributed by atoms with Crippen LogP contribution < -0.4 is 5.43 Å². The van der Waals surface area contributed by atoms with Gasteiger partial charge in [-0.05, 0) is 37.3 Å². The van der Waals surface area contributed by atoms with Gasteiger partial charge in [0.2, 0.25) is 0 Å². The number of pyridine rings is 1. The Labute approximate surface area is 165 Å². The summed E-state index contributed by atoms with van der Waals surface area (Å²) in [5.74, 6) is 1.32. The average Bonchev–Trinajstić information content (AvgIpc) is 2.72. The van der Waals surface area contributed by atoms with Gasteiger partial charge in [-0.15, -0.1) is 0 Å². The molecule has 2 aromatic carbocycles. The molecule has 0 bridgehead atoms. The lowest BCUT2D eigenvalue weighted by atomic mass is 10.2. The van der Waals surface area contributed by atoms with Crippen LogP contribution >= 0.6 is 15.9 Å². The van der Waals surface area contributed by atoms with E-state index < -0.39 is 0 Å². The molecule has 5 nitrogen and oxygen atoms in total. The van der Waals surface area contributed by atoms with Crippen LogP contribution in [-0.2, 0) is 0 Å². The summed E-state index contributed by atoms with van der Waals surface area (Å²) in [7, 11) is 0. The van der Waals surface area contributed by atoms with E-state index in [1.165, 1.54) is 0 Å². The molecule has 2 aromatic heterocycles. The first-order chi connectivity index (χ1) is 13.2. The summed E-state index contributed by atoms with van der Waals surface area (Å²) in [6.45, 7) is 1.93. The molecule has 0 amide bonds. The molecule has 27 heavy (non-hydrogen) atoms. The quantitative estimate of drug-likeness (QED) is 0.361. The molecule has 0 unspecified atom stereocenters. The van der Waals surface area contributed by atoms with E-state index in [1.807, 2.05) is 67.6 Å². The van der Waals surface area contributed by atoms with Crippen LogP contribution in [0.2, 0.25) is 0 Å². The fourth-order valence-corrected chi connectivity index (χ4v) is 2.93. The Morgan fingerprint density at radius 3 is 2.56 bits per heavy atom. The number of hydrogen-bond donors (Lipinski definition) is 1. The summed E-state index contributed by atoms with van der Waals surface area (Å²) in [4.78, 5) is 13.5. The zero-order chi connectivity index (χ0) is 18.6. The van der Waals surface area contributed by atoms with Gasteiger partial charge >= 0.3 is 0 Å². The summed E-state index contributed by atoms with van der Waals surface area (Å²) < 4.78 is 1.02. The zero-order valence-electron chi connectivity index (χ0n) is 14.6. The second-order valence-corrected chi connectivity index (χ2v) is 6.89. The monoisotopic (exact) mass is 417 g/mol. The van der Waals surface area contributed by atoms with Gasteiger partial charge in [0.1, 0.15) is 0 Å². The van der Waals surface area contributed by atoms with E-state index in [9.17, 15) is 0 Å². The summed E-state index contributed by atoms with van der Waals surface area (Å²) in [6.07, 6.45) is 3.53. The van der Waals surface area contributed by atoms with Gasteiger partial charge in [-0.25, -0.2) is 9.97 Å². The predicted molar refractivity (Wildman–Crippen MR) is 113 cm³/mol. The van der Waals surface area contributed by atoms with Crippen molar-refractivity contribution < 1.29 is 0 Å². The maximum absolute atomic E-state index is 4.71. The van der Waals surface area contributed by atoms with E-state index in [-0.39, 0.29) is 0 Å². The van der Waals surface area contributed by atoms with E-state index in [2.05, 4.69) is 31.4 Å². The third-order valence-electron chi connectivity index (χ3n) is 4.11. The number of para-hydroxylation sites is 1. The van der Waals surface area contributed by atoms with Crippen LogP contribution in [-0.4, -0.2) is 20.7 Å². The fraction of sp³-hybridized carbons (Fsp3) is 0.0476. The van der Waals surface area contributed by atoms with Crippen LogP contribution in [0.5, 0.6) is 0 Å². The molecular weight excluding hydrogens is 402 g/mol. The second kappa shape index (κ2) is 7.63. The number of fused-ring (bicyclic) bond motifs is 1. The van der Waals surface area contributed by atoms with Gasteiger partial charge in [-0.1, -0.05) is 46.3 Å². The van der Waals surface area contributed by atoms with Crippen molar-refractivity contribution >= 4 is 38.4 Å². The molecule has 1 N–H and O–H groups in total. The van der Waals surface area contributed by atoms with Crippen LogP contribution in [0.1, 0.15) is 12.5 Å². The smallest absolute Gasteiger partial charge is 0.162 e. The van der Waals surface area contributed by atoms with Gasteiger partial charge in [0, 0.05) is 33.4 Å². The summed E-state index contributed by atoms with van der Waals surface area (Å²) in [6, 6.07) is 19.7. The van der Waals surface area contributed by atoms with E-state index in [1.54, 1.807) is 12.4 Å². The number of halogens is 1. The maximum Gasteiger partial charge on any atom is 0.162 e. The predicted octanol–water partition coefficient (Wildman–Crippen LogP) is 5.29. The Kier molecular flexibility index (Phi) is 4.89. The first kappa shape index (κ1) is 17.3. The van der Waals surface area contributed by atoms with Crippen LogP contribution in [0.4, 0.5) is 5.82 Å². The van der Waals surface area contributed by atoms with Gasteiger partial charge in [-0.3, -0.25) is 10.4 Å². The number of nitrogens with zero attached hydrogens (tertiary/aromatic N) is 4. The van der Waals surface area contributed by atoms with Crippen LogP contribution in [0.3, 0.4) is 0 Å². The first-order valence-electron chi connectivity index (χ1n) is 8.44. The van der Waals surface area contributed by atoms with E-state index in [0.29, 0.717) is 11.6 Å². The minimum absolute atomic E-state index is 0.651. The summed E-state index contributed by atoms with van der Waals surface area (Å²) in [5.41, 5.74) is 6.70. The molecule has 0 radical (unpaired) electrons. The lowest BCUT2D eigenvalue weighted by molar-refractivity contribution is 1.18. The molecule has 0 atom stereocenters. The molecule has 0 saturated heterocycles. The van der Waals surface area contributed by atoms with E-state index in [4.69, 9.17) is 9.97 Å². The van der Waals surface area contributed by atoms with Gasteiger partial charge in [0.25, 0.3) is 0 Å². The molecule has 4 rings (SSSR count). The lowest BCUT2D eigenvalue weighted by Gasteiger charge is -2.09. The molecule has 6 heteroatoms. The lowest BCUT2D eigenvalue weighted by Crippen LogP contribution is -2.03. The Hall–Kier alpha value is -3.12. The largest absolute Gasteiger partial charge is 0.264 e. The molecular formula is C21H16BrN5. The first-order valence-corrected chi connectivity index (χ1v) is 9.23. The number of aromatic nitrogens is 3. The number of nitrogens with one attached hydrogen (secondary N) is 1. The van der Waals surface area contributed by atoms with Crippen molar-refractivity contribution in [3.05, 3.63) is 83.1 Å². The molecule has 2 heterocycles. The molecule has 0 saturated carbocycles. The van der Waals surface area contributed by atoms with Crippen molar-refractivity contribution in [2.45, 2.75) is 6.92 Å². The Bertz CT molecular complexity index is 1110. The highest BCUT2D eigenvalue weighted by atomic mass is 79.9. The Balaban J connectivity index is 1.76. The highest BCUT2D eigenvalue weighted by Gasteiger charge is 2.09. The molecule has 0 aliphatic carbocycles. The van der Waals surface area contributed by atoms with Gasteiger partial charge < -0.3 is 0 Å². The molecule has 0 fully saturated rings. The molecule has 0 aliphatic rings. The fourth-order valence-electron chi connectivity index (χ4n) is 2.67. The Morgan fingerprint density at radius 2 is 1.78 bits per heavy atom. The third kappa shape index (κ3) is 3.85. The van der Waals surface area contributed by atoms with Gasteiger partial charge in [0.15, 0.2) is 11.6 Å². The second-order valence-electron chi connectivity index (χ2n) is 5.97. The van der Waals surface area contributed by atoms with E-state index >= 15 is 0 Å². The summed E-state index contributed by atoms with van der Waals surface area (Å²) >= 11 is 3.46. The van der Waals surface area contributed by atoms with Crippen LogP contribution in [0.15, 0.2) is 82.6 Å². The minimum Gasteiger partial charge on any atom is -0.264 e. The third-order valence-corrected chi connectivity index (χ3v) is 4.64. The molecule has 0 spiro atoms. The molecule has 0 aliphatic heterocycles. The van der Waals surface area contributed by atoms with Gasteiger partial charge in [-0.2, -0.15) is 5.10 Å². The highest BCUT2D eigenvalue weighted by molar-refractivity contribution is 9.10. The SMILES string of the molecule is CC(=NNc1nc(-c2ccc(Br)cc2)nc2ccccc12)c1cccnc1. The van der Waals surface area contributed by atoms with Crippen molar-refractivity contribution in [2.24, 2.45) is 5.10 Å². The van der Waals surface area contributed by atoms with Crippen molar-refractivity contribution in [3.8, 4) is 11.4 Å². The topological polar surface area (TPSA) is 63.1 Å². The number of anilines is 1. The average molecular weight is 418 g/mol. The number of rotatable bonds is 4. The van der Waals surface area contributed by atoms with Crippen molar-refractivity contribution in [1.82, 2.24) is 15.0 Å². The van der Waals surface area contributed by atoms with E-state index in [0.717, 1.165) is 32.2 Å². The van der Waals surface area contributed by atoms with Crippen LogP contribution in [0, 0.1) is 0 Å². The molecule has 4 aromatic rings. The standard InChI is InChI=1S/C21H16BrN5/c1-14(16-5-4-12-23-13-16)26-27-21-18-6-2-3-7-19(18)24-20(25-21)15-8-10-17(22)11-9-15/h2-13H,1H3,(H,24,25,27). The van der Waals surface area contributed by atoms with Crippen molar-refractivity contribution in [2.75, 3.05) is 5.43 Å². The van der Waals surface area contributed by atoms with Crippen LogP contribution in [0.25, 0.3) is 22.3 Å². The van der Waals surface area contributed by atoms with Crippen molar-refractivity contribution in [3.63, 3.8) is 0 Å². The Morgan fingerprint density at radius 1 is 0.963 bits per heavy atom.